The van der Waals surface area contributed by atoms with E-state index in [-0.39, 0.29) is 12.2 Å². The van der Waals surface area contributed by atoms with Crippen LogP contribution >= 0.6 is 0 Å². The third-order valence-corrected chi connectivity index (χ3v) is 2.92. The minimum Gasteiger partial charge on any atom is -0.463 e. The summed E-state index contributed by atoms with van der Waals surface area (Å²) in [5.41, 5.74) is -0.717. The lowest BCUT2D eigenvalue weighted by atomic mass is 10.0. The van der Waals surface area contributed by atoms with Crippen LogP contribution in [0.2, 0.25) is 0 Å². The van der Waals surface area contributed by atoms with Crippen LogP contribution in [0.15, 0.2) is 28.7 Å². The van der Waals surface area contributed by atoms with Gasteiger partial charge in [-0.15, -0.1) is 0 Å². The molecule has 2 aromatic rings. The lowest BCUT2D eigenvalue weighted by Gasteiger charge is -2.21. The van der Waals surface area contributed by atoms with Crippen molar-refractivity contribution in [1.29, 1.82) is 5.26 Å². The van der Waals surface area contributed by atoms with Crippen LogP contribution in [-0.2, 0) is 5.60 Å². The van der Waals surface area contributed by atoms with E-state index in [0.717, 1.165) is 0 Å². The van der Waals surface area contributed by atoms with Gasteiger partial charge in [-0.25, -0.2) is 0 Å². The summed E-state index contributed by atoms with van der Waals surface area (Å²) in [5, 5.41) is 21.5. The van der Waals surface area contributed by atoms with Gasteiger partial charge in [0.1, 0.15) is 34.6 Å². The first kappa shape index (κ1) is 13.9. The number of hydrogen-bond acceptors (Lipinski definition) is 4. The molecule has 0 aliphatic carbocycles. The van der Waals surface area contributed by atoms with Crippen LogP contribution in [0.1, 0.15) is 34.6 Å². The number of carbonyl (C=O) groups is 1. The van der Waals surface area contributed by atoms with E-state index in [9.17, 15) is 9.90 Å². The lowest BCUT2D eigenvalue weighted by Crippen LogP contribution is -2.38. The third kappa shape index (κ3) is 2.90. The molecule has 0 saturated heterocycles. The highest BCUT2D eigenvalue weighted by atomic mass is 16.4. The molecule has 2 heterocycles. The maximum atomic E-state index is 11.9. The van der Waals surface area contributed by atoms with Crippen LogP contribution in [-0.4, -0.2) is 22.5 Å². The molecule has 1 unspecified atom stereocenters. The Labute approximate surface area is 116 Å². The van der Waals surface area contributed by atoms with Crippen LogP contribution in [0.3, 0.4) is 0 Å². The summed E-state index contributed by atoms with van der Waals surface area (Å²) in [6.07, 6.45) is 0. The summed E-state index contributed by atoms with van der Waals surface area (Å²) in [6, 6.07) is 8.35. The maximum absolute atomic E-state index is 11.9. The van der Waals surface area contributed by atoms with Crippen LogP contribution in [0.4, 0.5) is 0 Å². The number of hydrogen-bond donors (Lipinski definition) is 3. The van der Waals surface area contributed by atoms with E-state index in [1.54, 1.807) is 26.0 Å². The fourth-order valence-electron chi connectivity index (χ4n) is 1.75. The number of aromatic nitrogens is 1. The first-order valence-electron chi connectivity index (χ1n) is 6.09. The summed E-state index contributed by atoms with van der Waals surface area (Å²) in [4.78, 5) is 14.5. The highest BCUT2D eigenvalue weighted by molar-refractivity contribution is 5.92. The van der Waals surface area contributed by atoms with Crippen molar-refractivity contribution in [2.45, 2.75) is 19.4 Å². The Morgan fingerprint density at radius 1 is 1.50 bits per heavy atom. The first-order valence-corrected chi connectivity index (χ1v) is 6.09. The summed E-state index contributed by atoms with van der Waals surface area (Å²) in [6.45, 7) is 3.33. The molecule has 1 atom stereocenters. The second kappa shape index (κ2) is 5.23. The SMILES string of the molecule is Cc1ccc(C(C)(O)CNC(=O)c2ccc(C#N)[nH]2)o1. The molecule has 0 aliphatic rings. The number of nitriles is 1. The van der Waals surface area contributed by atoms with Crippen molar-refractivity contribution in [2.75, 3.05) is 6.54 Å². The Kier molecular flexibility index (Phi) is 3.63. The van der Waals surface area contributed by atoms with E-state index >= 15 is 0 Å². The van der Waals surface area contributed by atoms with E-state index in [1.807, 2.05) is 6.07 Å². The van der Waals surface area contributed by atoms with Gasteiger partial charge in [-0.1, -0.05) is 0 Å². The molecule has 0 fully saturated rings. The van der Waals surface area contributed by atoms with Crippen molar-refractivity contribution >= 4 is 5.91 Å². The largest absolute Gasteiger partial charge is 0.463 e. The molecular formula is C14H15N3O3. The number of furan rings is 1. The number of rotatable bonds is 4. The minimum atomic E-state index is -1.30. The molecule has 0 spiro atoms. The number of H-pyrrole nitrogens is 1. The lowest BCUT2D eigenvalue weighted by molar-refractivity contribution is 0.0322. The fraction of sp³-hybridized carbons (Fsp3) is 0.286. The Morgan fingerprint density at radius 2 is 2.25 bits per heavy atom. The highest BCUT2D eigenvalue weighted by Crippen LogP contribution is 2.22. The molecule has 0 bridgehead atoms. The fourth-order valence-corrected chi connectivity index (χ4v) is 1.75. The van der Waals surface area contributed by atoms with Gasteiger partial charge in [-0.3, -0.25) is 4.79 Å². The van der Waals surface area contributed by atoms with Gasteiger partial charge in [-0.05, 0) is 38.1 Å². The second-order valence-electron chi connectivity index (χ2n) is 4.76. The molecule has 0 saturated carbocycles. The van der Waals surface area contributed by atoms with Crippen molar-refractivity contribution in [3.05, 3.63) is 47.2 Å². The molecule has 2 aromatic heterocycles. The smallest absolute Gasteiger partial charge is 0.267 e. The molecule has 1 amide bonds. The van der Waals surface area contributed by atoms with Gasteiger partial charge in [0.2, 0.25) is 0 Å². The topological polar surface area (TPSA) is 102 Å². The second-order valence-corrected chi connectivity index (χ2v) is 4.76. The average molecular weight is 273 g/mol. The summed E-state index contributed by atoms with van der Waals surface area (Å²) >= 11 is 0. The summed E-state index contributed by atoms with van der Waals surface area (Å²) in [7, 11) is 0. The van der Waals surface area contributed by atoms with E-state index in [1.165, 1.54) is 12.1 Å². The van der Waals surface area contributed by atoms with E-state index in [4.69, 9.17) is 9.68 Å². The highest BCUT2D eigenvalue weighted by Gasteiger charge is 2.27. The van der Waals surface area contributed by atoms with Crippen LogP contribution in [0.25, 0.3) is 0 Å². The number of aryl methyl sites for hydroxylation is 1. The van der Waals surface area contributed by atoms with Gasteiger partial charge < -0.3 is 19.8 Å². The maximum Gasteiger partial charge on any atom is 0.267 e. The Bertz CT molecular complexity index is 661. The van der Waals surface area contributed by atoms with Crippen molar-refractivity contribution in [3.63, 3.8) is 0 Å². The van der Waals surface area contributed by atoms with Gasteiger partial charge in [0.15, 0.2) is 0 Å². The van der Waals surface area contributed by atoms with Crippen LogP contribution in [0, 0.1) is 18.3 Å². The number of aromatic amines is 1. The molecule has 20 heavy (non-hydrogen) atoms. The minimum absolute atomic E-state index is 0.000304. The predicted octanol–water partition coefficient (Wildman–Crippen LogP) is 1.43. The Hall–Kier alpha value is -2.52. The van der Waals surface area contributed by atoms with Crippen molar-refractivity contribution in [2.24, 2.45) is 0 Å². The zero-order valence-electron chi connectivity index (χ0n) is 11.2. The quantitative estimate of drug-likeness (QED) is 0.784. The number of nitrogens with one attached hydrogen (secondary N) is 2. The van der Waals surface area contributed by atoms with Crippen molar-refractivity contribution in [1.82, 2.24) is 10.3 Å². The standard InChI is InChI=1S/C14H15N3O3/c1-9-3-6-12(20-9)14(2,19)8-16-13(18)11-5-4-10(7-15)17-11/h3-6,17,19H,8H2,1-2H3,(H,16,18). The normalized spacial score (nSPS) is 13.5. The zero-order chi connectivity index (χ0) is 14.8. The molecule has 0 aliphatic heterocycles. The van der Waals surface area contributed by atoms with Crippen molar-refractivity contribution in [3.8, 4) is 6.07 Å². The number of aliphatic hydroxyl groups is 1. The van der Waals surface area contributed by atoms with Gasteiger partial charge in [0, 0.05) is 0 Å². The molecule has 0 aromatic carbocycles. The molecule has 0 radical (unpaired) electrons. The summed E-state index contributed by atoms with van der Waals surface area (Å²) < 4.78 is 5.36. The van der Waals surface area contributed by atoms with Gasteiger partial charge in [-0.2, -0.15) is 5.26 Å². The Balaban J connectivity index is 2.01. The van der Waals surface area contributed by atoms with Gasteiger partial charge in [0.05, 0.1) is 6.54 Å². The zero-order valence-corrected chi connectivity index (χ0v) is 11.2. The number of nitrogens with zero attached hydrogens (tertiary/aromatic N) is 1. The monoisotopic (exact) mass is 273 g/mol. The van der Waals surface area contributed by atoms with Crippen LogP contribution < -0.4 is 5.32 Å². The number of carbonyl (C=O) groups excluding carboxylic acids is 1. The van der Waals surface area contributed by atoms with Crippen molar-refractivity contribution < 1.29 is 14.3 Å². The summed E-state index contributed by atoms with van der Waals surface area (Å²) in [5.74, 6) is 0.684. The van der Waals surface area contributed by atoms with Gasteiger partial charge in [0.25, 0.3) is 5.91 Å². The molecule has 6 nitrogen and oxygen atoms in total. The van der Waals surface area contributed by atoms with Crippen LogP contribution in [0.5, 0.6) is 0 Å². The van der Waals surface area contributed by atoms with E-state index < -0.39 is 11.5 Å². The third-order valence-electron chi connectivity index (χ3n) is 2.92. The molecular weight excluding hydrogens is 258 g/mol. The molecule has 6 heteroatoms. The first-order chi connectivity index (χ1) is 9.42. The number of amides is 1. The molecule has 104 valence electrons. The molecule has 3 N–H and O–H groups in total. The average Bonchev–Trinajstić information content (AvgIpc) is 3.04. The predicted molar refractivity (Wildman–Crippen MR) is 70.9 cm³/mol. The van der Waals surface area contributed by atoms with E-state index in [0.29, 0.717) is 17.2 Å². The Morgan fingerprint density at radius 3 is 2.80 bits per heavy atom. The molecule has 2 rings (SSSR count). The van der Waals surface area contributed by atoms with Gasteiger partial charge >= 0.3 is 0 Å². The van der Waals surface area contributed by atoms with E-state index in [2.05, 4.69) is 10.3 Å².